The van der Waals surface area contributed by atoms with Crippen molar-refractivity contribution in [1.82, 2.24) is 4.90 Å². The third-order valence-electron chi connectivity index (χ3n) is 2.13. The lowest BCUT2D eigenvalue weighted by Gasteiger charge is -2.11. The maximum atomic E-state index is 13.4. The largest absolute Gasteiger partial charge is 0.492 e. The number of hydrogen-bond acceptors (Lipinski definition) is 3. The van der Waals surface area contributed by atoms with Gasteiger partial charge in [-0.15, -0.1) is 0 Å². The zero-order valence-electron chi connectivity index (χ0n) is 9.79. The fourth-order valence-corrected chi connectivity index (χ4v) is 1.22. The predicted octanol–water partition coefficient (Wildman–Crippen LogP) is 1.97. The number of Topliss-reactive ketones (excluding diaryl/α,β-unsaturated/α-hetero) is 1. The van der Waals surface area contributed by atoms with Gasteiger partial charge in [-0.2, -0.15) is 0 Å². The Morgan fingerprint density at radius 2 is 2.12 bits per heavy atom. The van der Waals surface area contributed by atoms with E-state index in [4.69, 9.17) is 4.74 Å². The summed E-state index contributed by atoms with van der Waals surface area (Å²) >= 11 is 0. The molecular formula is C12H16FNO2. The van der Waals surface area contributed by atoms with Gasteiger partial charge in [0.1, 0.15) is 18.2 Å². The maximum Gasteiger partial charge on any atom is 0.162 e. The number of rotatable bonds is 5. The van der Waals surface area contributed by atoms with Crippen LogP contribution in [0.3, 0.4) is 0 Å². The van der Waals surface area contributed by atoms with Crippen LogP contribution in [0.1, 0.15) is 17.3 Å². The van der Waals surface area contributed by atoms with E-state index in [9.17, 15) is 9.18 Å². The third kappa shape index (κ3) is 3.62. The molecule has 0 radical (unpaired) electrons. The molecule has 0 saturated carbocycles. The molecule has 3 nitrogen and oxygen atoms in total. The highest BCUT2D eigenvalue weighted by Gasteiger charge is 2.08. The second-order valence-corrected chi connectivity index (χ2v) is 3.85. The smallest absolute Gasteiger partial charge is 0.162 e. The number of ketones is 1. The topological polar surface area (TPSA) is 29.5 Å². The summed E-state index contributed by atoms with van der Waals surface area (Å²) in [6, 6.07) is 4.30. The van der Waals surface area contributed by atoms with Gasteiger partial charge in [0.05, 0.1) is 5.56 Å². The molecule has 0 N–H and O–H groups in total. The van der Waals surface area contributed by atoms with Gasteiger partial charge in [0.15, 0.2) is 5.78 Å². The molecule has 0 aliphatic carbocycles. The Bertz CT molecular complexity index is 377. The van der Waals surface area contributed by atoms with Crippen molar-refractivity contribution in [1.29, 1.82) is 0 Å². The molecule has 4 heteroatoms. The highest BCUT2D eigenvalue weighted by atomic mass is 19.1. The Morgan fingerprint density at radius 1 is 1.44 bits per heavy atom. The van der Waals surface area contributed by atoms with Crippen LogP contribution in [0.4, 0.5) is 4.39 Å². The minimum atomic E-state index is -0.533. The van der Waals surface area contributed by atoms with E-state index in [1.807, 2.05) is 19.0 Å². The number of carbonyl (C=O) groups excluding carboxylic acids is 1. The molecular weight excluding hydrogens is 209 g/mol. The Labute approximate surface area is 94.8 Å². The maximum absolute atomic E-state index is 13.4. The van der Waals surface area contributed by atoms with E-state index < -0.39 is 5.82 Å². The van der Waals surface area contributed by atoms with Crippen LogP contribution in [-0.4, -0.2) is 37.9 Å². The molecule has 0 fully saturated rings. The summed E-state index contributed by atoms with van der Waals surface area (Å²) in [4.78, 5) is 13.0. The molecule has 88 valence electrons. The van der Waals surface area contributed by atoms with Crippen LogP contribution < -0.4 is 4.74 Å². The molecule has 0 saturated heterocycles. The fourth-order valence-electron chi connectivity index (χ4n) is 1.22. The number of carbonyl (C=O) groups is 1. The van der Waals surface area contributed by atoms with Crippen molar-refractivity contribution in [2.24, 2.45) is 0 Å². The quantitative estimate of drug-likeness (QED) is 0.717. The van der Waals surface area contributed by atoms with E-state index in [0.29, 0.717) is 12.4 Å². The summed E-state index contributed by atoms with van der Waals surface area (Å²) in [6.07, 6.45) is 0. The van der Waals surface area contributed by atoms with Crippen LogP contribution in [0, 0.1) is 5.82 Å². The highest BCUT2D eigenvalue weighted by Crippen LogP contribution is 2.16. The zero-order chi connectivity index (χ0) is 12.1. The molecule has 1 aromatic carbocycles. The van der Waals surface area contributed by atoms with Crippen molar-refractivity contribution in [2.75, 3.05) is 27.2 Å². The molecule has 0 unspecified atom stereocenters. The molecule has 0 atom stereocenters. The number of hydrogen-bond donors (Lipinski definition) is 0. The minimum absolute atomic E-state index is 0.0972. The molecule has 0 aromatic heterocycles. The van der Waals surface area contributed by atoms with Crippen LogP contribution in [0.25, 0.3) is 0 Å². The molecule has 1 rings (SSSR count). The zero-order valence-corrected chi connectivity index (χ0v) is 9.79. The predicted molar refractivity (Wildman–Crippen MR) is 60.5 cm³/mol. The Balaban J connectivity index is 2.63. The second kappa shape index (κ2) is 5.61. The lowest BCUT2D eigenvalue weighted by molar-refractivity contribution is 0.101. The molecule has 0 heterocycles. The van der Waals surface area contributed by atoms with Crippen LogP contribution in [0.5, 0.6) is 5.75 Å². The van der Waals surface area contributed by atoms with Crippen LogP contribution in [0.2, 0.25) is 0 Å². The van der Waals surface area contributed by atoms with Gasteiger partial charge in [-0.1, -0.05) is 0 Å². The van der Waals surface area contributed by atoms with E-state index >= 15 is 0 Å². The van der Waals surface area contributed by atoms with E-state index in [-0.39, 0.29) is 11.3 Å². The number of benzene rings is 1. The molecule has 0 amide bonds. The first kappa shape index (κ1) is 12.6. The summed E-state index contributed by atoms with van der Waals surface area (Å²) in [5, 5.41) is 0. The fraction of sp³-hybridized carbons (Fsp3) is 0.417. The molecule has 0 aliphatic rings. The van der Waals surface area contributed by atoms with Crippen molar-refractivity contribution in [3.63, 3.8) is 0 Å². The van der Waals surface area contributed by atoms with Crippen molar-refractivity contribution < 1.29 is 13.9 Å². The van der Waals surface area contributed by atoms with Gasteiger partial charge in [-0.25, -0.2) is 4.39 Å². The standard InChI is InChI=1S/C12H16FNO2/c1-9(15)11-5-4-10(8-12(11)13)16-7-6-14(2)3/h4-5,8H,6-7H2,1-3H3. The summed E-state index contributed by atoms with van der Waals surface area (Å²) in [7, 11) is 3.87. The van der Waals surface area contributed by atoms with Crippen molar-refractivity contribution in [3.05, 3.63) is 29.6 Å². The third-order valence-corrected chi connectivity index (χ3v) is 2.13. The van der Waals surface area contributed by atoms with Crippen molar-refractivity contribution in [2.45, 2.75) is 6.92 Å². The number of likely N-dealkylation sites (N-methyl/N-ethyl adjacent to an activating group) is 1. The molecule has 16 heavy (non-hydrogen) atoms. The first-order chi connectivity index (χ1) is 7.50. The highest BCUT2D eigenvalue weighted by molar-refractivity contribution is 5.94. The van der Waals surface area contributed by atoms with Crippen LogP contribution in [0.15, 0.2) is 18.2 Å². The van der Waals surface area contributed by atoms with Crippen LogP contribution >= 0.6 is 0 Å². The monoisotopic (exact) mass is 225 g/mol. The van der Waals surface area contributed by atoms with Crippen LogP contribution in [-0.2, 0) is 0 Å². The van der Waals surface area contributed by atoms with Gasteiger partial charge in [0.2, 0.25) is 0 Å². The first-order valence-electron chi connectivity index (χ1n) is 5.08. The van der Waals surface area contributed by atoms with E-state index in [0.717, 1.165) is 6.54 Å². The van der Waals surface area contributed by atoms with Crippen molar-refractivity contribution in [3.8, 4) is 5.75 Å². The average Bonchev–Trinajstić information content (AvgIpc) is 2.16. The van der Waals surface area contributed by atoms with Gasteiger partial charge in [0, 0.05) is 12.6 Å². The number of halogens is 1. The molecule has 1 aromatic rings. The SMILES string of the molecule is CC(=O)c1ccc(OCCN(C)C)cc1F. The Hall–Kier alpha value is -1.42. The van der Waals surface area contributed by atoms with Gasteiger partial charge < -0.3 is 9.64 Å². The Morgan fingerprint density at radius 3 is 2.62 bits per heavy atom. The minimum Gasteiger partial charge on any atom is -0.492 e. The van der Waals surface area contributed by atoms with Gasteiger partial charge in [0.25, 0.3) is 0 Å². The second-order valence-electron chi connectivity index (χ2n) is 3.85. The van der Waals surface area contributed by atoms with Gasteiger partial charge in [-0.05, 0) is 33.2 Å². The van der Waals surface area contributed by atoms with Gasteiger partial charge in [-0.3, -0.25) is 4.79 Å². The summed E-state index contributed by atoms with van der Waals surface area (Å²) in [5.41, 5.74) is 0.0972. The summed E-state index contributed by atoms with van der Waals surface area (Å²) in [5.74, 6) is -0.364. The molecule has 0 aliphatic heterocycles. The molecule has 0 spiro atoms. The lowest BCUT2D eigenvalue weighted by atomic mass is 10.1. The Kier molecular flexibility index (Phi) is 4.43. The first-order valence-corrected chi connectivity index (χ1v) is 5.08. The van der Waals surface area contributed by atoms with E-state index in [1.165, 1.54) is 19.1 Å². The summed E-state index contributed by atoms with van der Waals surface area (Å²) < 4.78 is 18.7. The molecule has 0 bridgehead atoms. The lowest BCUT2D eigenvalue weighted by Crippen LogP contribution is -2.19. The van der Waals surface area contributed by atoms with E-state index in [1.54, 1.807) is 6.07 Å². The van der Waals surface area contributed by atoms with Crippen molar-refractivity contribution >= 4 is 5.78 Å². The van der Waals surface area contributed by atoms with E-state index in [2.05, 4.69) is 0 Å². The summed E-state index contributed by atoms with van der Waals surface area (Å²) in [6.45, 7) is 2.59. The number of ether oxygens (including phenoxy) is 1. The number of nitrogens with zero attached hydrogens (tertiary/aromatic N) is 1. The average molecular weight is 225 g/mol. The normalized spacial score (nSPS) is 10.6. The van der Waals surface area contributed by atoms with Gasteiger partial charge >= 0.3 is 0 Å².